The monoisotopic (exact) mass is 677 g/mol. The van der Waals surface area contributed by atoms with Crippen molar-refractivity contribution in [2.24, 2.45) is 0 Å². The molecule has 5 aromatic rings. The highest BCUT2D eigenvalue weighted by Gasteiger charge is 2.31. The van der Waals surface area contributed by atoms with Crippen molar-refractivity contribution in [1.29, 1.82) is 0 Å². The van der Waals surface area contributed by atoms with E-state index in [0.717, 1.165) is 36.1 Å². The Kier molecular flexibility index (Phi) is 10.2. The number of hydrogen-bond donors (Lipinski definition) is 2. The highest BCUT2D eigenvalue weighted by atomic mass is 16.6. The molecule has 0 bridgehead atoms. The number of likely N-dealkylation sites (tertiary alicyclic amines) is 1. The lowest BCUT2D eigenvalue weighted by Gasteiger charge is -2.24. The molecule has 2 amide bonds. The molecule has 0 spiro atoms. The Morgan fingerprint density at radius 3 is 2.40 bits per heavy atom. The van der Waals surface area contributed by atoms with Gasteiger partial charge in [-0.1, -0.05) is 25.5 Å². The van der Waals surface area contributed by atoms with Gasteiger partial charge in [0.05, 0.1) is 13.7 Å². The van der Waals surface area contributed by atoms with E-state index < -0.39 is 5.60 Å². The molecular weight excluding hydrogens is 634 g/mol. The summed E-state index contributed by atoms with van der Waals surface area (Å²) in [6.45, 7) is 9.20. The third-order valence-electron chi connectivity index (χ3n) is 8.22. The van der Waals surface area contributed by atoms with Gasteiger partial charge in [-0.3, -0.25) is 4.79 Å². The van der Waals surface area contributed by atoms with Crippen LogP contribution < -0.4 is 20.1 Å². The van der Waals surface area contributed by atoms with Crippen LogP contribution >= 0.6 is 0 Å². The van der Waals surface area contributed by atoms with Crippen molar-refractivity contribution in [1.82, 2.24) is 24.6 Å². The van der Waals surface area contributed by atoms with Crippen LogP contribution in [0.25, 0.3) is 11.0 Å². The van der Waals surface area contributed by atoms with Gasteiger partial charge in [0, 0.05) is 43.2 Å². The van der Waals surface area contributed by atoms with Crippen LogP contribution in [0, 0.1) is 0 Å². The average molecular weight is 678 g/mol. The minimum absolute atomic E-state index is 0.0573. The molecule has 0 unspecified atom stereocenters. The van der Waals surface area contributed by atoms with Crippen molar-refractivity contribution < 1.29 is 23.8 Å². The number of hydrogen-bond acceptors (Lipinski definition) is 9. The lowest BCUT2D eigenvalue weighted by molar-refractivity contribution is 0.0293. The van der Waals surface area contributed by atoms with Crippen LogP contribution in [0.15, 0.2) is 79.1 Å². The number of nitrogens with zero attached hydrogens (tertiary/aromatic N) is 5. The van der Waals surface area contributed by atoms with Crippen LogP contribution in [-0.2, 0) is 17.7 Å². The van der Waals surface area contributed by atoms with Crippen molar-refractivity contribution >= 4 is 34.7 Å². The molecular formula is C38H43N7O5. The van der Waals surface area contributed by atoms with E-state index in [1.807, 2.05) is 61.9 Å². The number of methoxy groups -OCH3 is 1. The quantitative estimate of drug-likeness (QED) is 0.148. The second kappa shape index (κ2) is 14.9. The lowest BCUT2D eigenvalue weighted by atomic mass is 10.1. The highest BCUT2D eigenvalue weighted by molar-refractivity contribution is 6.03. The molecule has 0 radical (unpaired) electrons. The molecule has 50 heavy (non-hydrogen) atoms. The maximum atomic E-state index is 13.0. The molecule has 1 aliphatic rings. The first-order valence-electron chi connectivity index (χ1n) is 16.9. The van der Waals surface area contributed by atoms with Crippen molar-refractivity contribution in [2.75, 3.05) is 30.8 Å². The summed E-state index contributed by atoms with van der Waals surface area (Å²) < 4.78 is 19.2. The lowest BCUT2D eigenvalue weighted by Crippen LogP contribution is -2.36. The van der Waals surface area contributed by atoms with Crippen LogP contribution in [0.1, 0.15) is 62.0 Å². The van der Waals surface area contributed by atoms with E-state index in [9.17, 15) is 9.59 Å². The molecule has 0 aliphatic carbocycles. The third-order valence-corrected chi connectivity index (χ3v) is 8.22. The molecule has 4 heterocycles. The number of rotatable bonds is 11. The first-order chi connectivity index (χ1) is 24.1. The largest absolute Gasteiger partial charge is 0.497 e. The number of nitrogens with one attached hydrogen (secondary N) is 2. The van der Waals surface area contributed by atoms with Gasteiger partial charge in [0.2, 0.25) is 0 Å². The SMILES string of the molecule is CCCc1ccnc(NC(=O)c2ccc(Oc3ccnc4c3c(N[C@@H]3CCN(C(=O)OC(C)(C)C)C3)nn4Cc3ccc(OC)cc3)cc2)c1. The number of carbonyl (C=O) groups is 2. The van der Waals surface area contributed by atoms with E-state index in [4.69, 9.17) is 24.3 Å². The minimum atomic E-state index is -0.573. The zero-order valence-electron chi connectivity index (χ0n) is 29.1. The van der Waals surface area contributed by atoms with E-state index in [-0.39, 0.29) is 18.0 Å². The van der Waals surface area contributed by atoms with Gasteiger partial charge in [0.25, 0.3) is 5.91 Å². The number of amides is 2. The smallest absolute Gasteiger partial charge is 0.410 e. The molecule has 260 valence electrons. The third kappa shape index (κ3) is 8.31. The molecule has 1 aliphatic heterocycles. The van der Waals surface area contributed by atoms with Gasteiger partial charge in [-0.15, -0.1) is 0 Å². The summed E-state index contributed by atoms with van der Waals surface area (Å²) in [7, 11) is 1.64. The second-order valence-electron chi connectivity index (χ2n) is 13.3. The number of anilines is 2. The van der Waals surface area contributed by atoms with Crippen molar-refractivity contribution in [3.63, 3.8) is 0 Å². The first kappa shape index (κ1) is 34.2. The summed E-state index contributed by atoms with van der Waals surface area (Å²) in [5.41, 5.74) is 2.69. The standard InChI is InChI=1S/C38H43N7O5/c1-6-7-25-16-19-39-32(22-25)42-36(46)27-10-14-30(15-11-27)49-31-17-20-40-35-33(31)34(43-45(35)23-26-8-12-29(48-5)13-9-26)41-28-18-21-44(24-28)37(47)50-38(2,3)4/h8-17,19-20,22,28H,6-7,18,21,23-24H2,1-5H3,(H,41,43)(H,39,42,46)/t28-/m1/s1. The number of pyridine rings is 2. The Balaban J connectivity index is 1.24. The molecule has 12 nitrogen and oxygen atoms in total. The fourth-order valence-corrected chi connectivity index (χ4v) is 5.81. The zero-order valence-corrected chi connectivity index (χ0v) is 29.1. The number of carbonyl (C=O) groups excluding carboxylic acids is 2. The molecule has 3 aromatic heterocycles. The van der Waals surface area contributed by atoms with Gasteiger partial charge in [0.1, 0.15) is 34.1 Å². The van der Waals surface area contributed by atoms with Gasteiger partial charge >= 0.3 is 6.09 Å². The van der Waals surface area contributed by atoms with E-state index in [1.165, 1.54) is 0 Å². The Morgan fingerprint density at radius 2 is 1.68 bits per heavy atom. The number of ether oxygens (including phenoxy) is 3. The normalized spacial score (nSPS) is 14.4. The van der Waals surface area contributed by atoms with Crippen LogP contribution in [0.2, 0.25) is 0 Å². The molecule has 1 atom stereocenters. The van der Waals surface area contributed by atoms with Crippen molar-refractivity contribution in [3.8, 4) is 17.2 Å². The number of benzene rings is 2. The Morgan fingerprint density at radius 1 is 0.940 bits per heavy atom. The van der Waals surface area contributed by atoms with Crippen molar-refractivity contribution in [2.45, 2.75) is 65.1 Å². The van der Waals surface area contributed by atoms with Gasteiger partial charge in [0.15, 0.2) is 11.5 Å². The fourth-order valence-electron chi connectivity index (χ4n) is 5.81. The number of fused-ring (bicyclic) bond motifs is 1. The zero-order chi connectivity index (χ0) is 35.3. The van der Waals surface area contributed by atoms with E-state index in [0.29, 0.717) is 59.4 Å². The average Bonchev–Trinajstić information content (AvgIpc) is 3.70. The Hall–Kier alpha value is -5.65. The number of aromatic nitrogens is 4. The molecule has 2 aromatic carbocycles. The summed E-state index contributed by atoms with van der Waals surface area (Å²) >= 11 is 0. The summed E-state index contributed by atoms with van der Waals surface area (Å²) in [6.07, 6.45) is 5.72. The van der Waals surface area contributed by atoms with Crippen LogP contribution in [-0.4, -0.2) is 68.5 Å². The summed E-state index contributed by atoms with van der Waals surface area (Å²) in [4.78, 5) is 36.5. The number of aryl methyl sites for hydroxylation is 1. The summed E-state index contributed by atoms with van der Waals surface area (Å²) in [6, 6.07) is 20.3. The molecule has 1 saturated heterocycles. The van der Waals surface area contributed by atoms with Gasteiger partial charge in [-0.25, -0.2) is 19.4 Å². The predicted molar refractivity (Wildman–Crippen MR) is 192 cm³/mol. The van der Waals surface area contributed by atoms with Crippen LogP contribution in [0.4, 0.5) is 16.4 Å². The fraction of sp³-hybridized carbons (Fsp3) is 0.342. The van der Waals surface area contributed by atoms with Crippen LogP contribution in [0.3, 0.4) is 0 Å². The topological polar surface area (TPSA) is 133 Å². The predicted octanol–water partition coefficient (Wildman–Crippen LogP) is 7.30. The minimum Gasteiger partial charge on any atom is -0.497 e. The van der Waals surface area contributed by atoms with E-state index >= 15 is 0 Å². The maximum absolute atomic E-state index is 13.0. The van der Waals surface area contributed by atoms with Gasteiger partial charge in [-0.2, -0.15) is 5.10 Å². The first-order valence-corrected chi connectivity index (χ1v) is 16.9. The molecule has 12 heteroatoms. The van der Waals surface area contributed by atoms with Crippen molar-refractivity contribution in [3.05, 3.63) is 95.8 Å². The van der Waals surface area contributed by atoms with Gasteiger partial charge < -0.3 is 29.7 Å². The Bertz CT molecular complexity index is 1950. The Labute approximate surface area is 291 Å². The van der Waals surface area contributed by atoms with Gasteiger partial charge in [-0.05, 0) is 93.3 Å². The second-order valence-corrected chi connectivity index (χ2v) is 13.3. The highest BCUT2D eigenvalue weighted by Crippen LogP contribution is 2.35. The summed E-state index contributed by atoms with van der Waals surface area (Å²) in [5, 5.41) is 12.1. The molecule has 6 rings (SSSR count). The summed E-state index contributed by atoms with van der Waals surface area (Å²) in [5.74, 6) is 2.72. The van der Waals surface area contributed by atoms with Crippen LogP contribution in [0.5, 0.6) is 17.2 Å². The van der Waals surface area contributed by atoms with E-state index in [2.05, 4.69) is 22.5 Å². The molecule has 1 fully saturated rings. The molecule has 2 N–H and O–H groups in total. The maximum Gasteiger partial charge on any atom is 0.410 e. The molecule has 0 saturated carbocycles. The van der Waals surface area contributed by atoms with E-state index in [1.54, 1.807) is 54.7 Å².